The van der Waals surface area contributed by atoms with Crippen molar-refractivity contribution in [3.63, 3.8) is 0 Å². The molecular formula is C19H20FNO2. The predicted octanol–water partition coefficient (Wildman–Crippen LogP) is 3.36. The van der Waals surface area contributed by atoms with Crippen LogP contribution in [0.4, 0.5) is 4.39 Å². The molecule has 0 aliphatic heterocycles. The fourth-order valence-electron chi connectivity index (χ4n) is 3.19. The van der Waals surface area contributed by atoms with Gasteiger partial charge >= 0.3 is 0 Å². The largest absolute Gasteiger partial charge is 0.375 e. The lowest BCUT2D eigenvalue weighted by Crippen LogP contribution is -2.40. The number of amides is 1. The summed E-state index contributed by atoms with van der Waals surface area (Å²) in [4.78, 5) is 12.5. The minimum atomic E-state index is -0.336. The van der Waals surface area contributed by atoms with Crippen molar-refractivity contribution < 1.29 is 13.9 Å². The molecule has 3 atom stereocenters. The van der Waals surface area contributed by atoms with Gasteiger partial charge in [0, 0.05) is 7.11 Å². The van der Waals surface area contributed by atoms with E-state index in [9.17, 15) is 9.18 Å². The molecule has 0 fully saturated rings. The van der Waals surface area contributed by atoms with Crippen LogP contribution >= 0.6 is 0 Å². The first-order chi connectivity index (χ1) is 11.1. The summed E-state index contributed by atoms with van der Waals surface area (Å²) in [6.07, 6.45) is 0.631. The Morgan fingerprint density at radius 2 is 1.91 bits per heavy atom. The van der Waals surface area contributed by atoms with Crippen molar-refractivity contribution >= 4 is 5.91 Å². The van der Waals surface area contributed by atoms with E-state index in [1.54, 1.807) is 19.2 Å². The molecule has 0 heterocycles. The molecule has 3 rings (SSSR count). The van der Waals surface area contributed by atoms with E-state index in [1.807, 2.05) is 25.1 Å². The maximum Gasteiger partial charge on any atom is 0.227 e. The molecule has 2 unspecified atom stereocenters. The molecule has 3 nitrogen and oxygen atoms in total. The zero-order valence-corrected chi connectivity index (χ0v) is 13.3. The van der Waals surface area contributed by atoms with E-state index < -0.39 is 0 Å². The fraction of sp³-hybridized carbons (Fsp3) is 0.316. The van der Waals surface area contributed by atoms with Gasteiger partial charge in [0.15, 0.2) is 0 Å². The zero-order valence-electron chi connectivity index (χ0n) is 13.3. The van der Waals surface area contributed by atoms with Crippen molar-refractivity contribution in [1.29, 1.82) is 0 Å². The molecule has 2 aromatic rings. The summed E-state index contributed by atoms with van der Waals surface area (Å²) >= 11 is 0. The maximum atomic E-state index is 13.0. The number of carbonyl (C=O) groups is 1. The number of nitrogens with one attached hydrogen (secondary N) is 1. The van der Waals surface area contributed by atoms with E-state index in [-0.39, 0.29) is 29.8 Å². The van der Waals surface area contributed by atoms with Crippen LogP contribution < -0.4 is 5.32 Å². The summed E-state index contributed by atoms with van der Waals surface area (Å²) < 4.78 is 18.6. The molecule has 2 aromatic carbocycles. The van der Waals surface area contributed by atoms with Gasteiger partial charge < -0.3 is 10.1 Å². The van der Waals surface area contributed by atoms with Crippen molar-refractivity contribution in [2.75, 3.05) is 7.11 Å². The Labute approximate surface area is 135 Å². The van der Waals surface area contributed by atoms with Crippen LogP contribution in [0.2, 0.25) is 0 Å². The van der Waals surface area contributed by atoms with Crippen molar-refractivity contribution in [1.82, 2.24) is 5.32 Å². The van der Waals surface area contributed by atoms with Gasteiger partial charge in [-0.2, -0.15) is 0 Å². The van der Waals surface area contributed by atoms with Crippen molar-refractivity contribution in [3.8, 4) is 0 Å². The molecule has 0 bridgehead atoms. The molecule has 0 radical (unpaired) electrons. The number of carbonyl (C=O) groups excluding carboxylic acids is 1. The lowest BCUT2D eigenvalue weighted by atomic mass is 9.99. The maximum absolute atomic E-state index is 13.0. The van der Waals surface area contributed by atoms with E-state index in [0.29, 0.717) is 0 Å². The SMILES string of the molecule is COC1c2ccccc2CC1NC(=O)[C@@H](C)c1ccc(F)cc1. The Bertz CT molecular complexity index is 699. The third-order valence-electron chi connectivity index (χ3n) is 4.51. The molecule has 23 heavy (non-hydrogen) atoms. The number of benzene rings is 2. The second-order valence-electron chi connectivity index (χ2n) is 5.95. The highest BCUT2D eigenvalue weighted by molar-refractivity contribution is 5.83. The Kier molecular flexibility index (Phi) is 4.44. The Hall–Kier alpha value is -2.20. The summed E-state index contributed by atoms with van der Waals surface area (Å²) in [5.74, 6) is -0.708. The highest BCUT2D eigenvalue weighted by Gasteiger charge is 2.34. The van der Waals surface area contributed by atoms with Gasteiger partial charge in [0.1, 0.15) is 11.9 Å². The third-order valence-corrected chi connectivity index (χ3v) is 4.51. The number of ether oxygens (including phenoxy) is 1. The lowest BCUT2D eigenvalue weighted by Gasteiger charge is -2.22. The number of fused-ring (bicyclic) bond motifs is 1. The summed E-state index contributed by atoms with van der Waals surface area (Å²) in [6, 6.07) is 14.1. The van der Waals surface area contributed by atoms with Gasteiger partial charge in [0.2, 0.25) is 5.91 Å². The van der Waals surface area contributed by atoms with E-state index >= 15 is 0 Å². The second kappa shape index (κ2) is 6.50. The first kappa shape index (κ1) is 15.7. The number of methoxy groups -OCH3 is 1. The normalized spacial score (nSPS) is 20.8. The van der Waals surface area contributed by atoms with Crippen LogP contribution in [0.25, 0.3) is 0 Å². The molecule has 0 aromatic heterocycles. The van der Waals surface area contributed by atoms with E-state index in [4.69, 9.17) is 4.74 Å². The topological polar surface area (TPSA) is 38.3 Å². The van der Waals surface area contributed by atoms with Gasteiger partial charge in [-0.25, -0.2) is 4.39 Å². The van der Waals surface area contributed by atoms with Gasteiger partial charge in [0.05, 0.1) is 12.0 Å². The summed E-state index contributed by atoms with van der Waals surface area (Å²) in [6.45, 7) is 1.83. The molecule has 4 heteroatoms. The molecule has 120 valence electrons. The van der Waals surface area contributed by atoms with Gasteiger partial charge in [-0.3, -0.25) is 4.79 Å². The molecule has 1 aliphatic carbocycles. The van der Waals surface area contributed by atoms with Crippen molar-refractivity contribution in [2.45, 2.75) is 31.4 Å². The molecule has 1 N–H and O–H groups in total. The first-order valence-corrected chi connectivity index (χ1v) is 7.76. The number of hydrogen-bond donors (Lipinski definition) is 1. The Morgan fingerprint density at radius 1 is 1.22 bits per heavy atom. The predicted molar refractivity (Wildman–Crippen MR) is 86.6 cm³/mol. The summed E-state index contributed by atoms with van der Waals surface area (Å²) in [7, 11) is 1.66. The van der Waals surface area contributed by atoms with Crippen LogP contribution in [-0.4, -0.2) is 19.1 Å². The van der Waals surface area contributed by atoms with Gasteiger partial charge in [-0.15, -0.1) is 0 Å². The molecular weight excluding hydrogens is 293 g/mol. The van der Waals surface area contributed by atoms with Crippen LogP contribution in [0.15, 0.2) is 48.5 Å². The Balaban J connectivity index is 1.72. The van der Waals surface area contributed by atoms with Crippen LogP contribution in [-0.2, 0) is 16.0 Å². The summed E-state index contributed by atoms with van der Waals surface area (Å²) in [5.41, 5.74) is 3.14. The molecule has 0 saturated carbocycles. The smallest absolute Gasteiger partial charge is 0.227 e. The quantitative estimate of drug-likeness (QED) is 0.940. The molecule has 1 aliphatic rings. The van der Waals surface area contributed by atoms with Gasteiger partial charge in [-0.1, -0.05) is 36.4 Å². The third kappa shape index (κ3) is 3.13. The average Bonchev–Trinajstić information content (AvgIpc) is 2.91. The highest BCUT2D eigenvalue weighted by atomic mass is 19.1. The second-order valence-corrected chi connectivity index (χ2v) is 5.95. The van der Waals surface area contributed by atoms with Crippen LogP contribution in [0.5, 0.6) is 0 Å². The van der Waals surface area contributed by atoms with E-state index in [1.165, 1.54) is 17.7 Å². The number of rotatable bonds is 4. The highest BCUT2D eigenvalue weighted by Crippen LogP contribution is 2.34. The van der Waals surface area contributed by atoms with Crippen LogP contribution in [0, 0.1) is 5.82 Å². The molecule has 0 spiro atoms. The van der Waals surface area contributed by atoms with Crippen molar-refractivity contribution in [3.05, 3.63) is 71.0 Å². The van der Waals surface area contributed by atoms with Gasteiger partial charge in [0.25, 0.3) is 0 Å². The number of halogens is 1. The lowest BCUT2D eigenvalue weighted by molar-refractivity contribution is -0.123. The monoisotopic (exact) mass is 313 g/mol. The standard InChI is InChI=1S/C19H20FNO2/c1-12(13-7-9-15(20)10-8-13)19(22)21-17-11-14-5-3-4-6-16(14)18(17)23-2/h3-10,12,17-18H,11H2,1-2H3,(H,21,22)/t12-,17?,18?/m0/s1. The summed E-state index contributed by atoms with van der Waals surface area (Å²) in [5, 5.41) is 3.08. The van der Waals surface area contributed by atoms with Crippen LogP contribution in [0.3, 0.4) is 0 Å². The minimum Gasteiger partial charge on any atom is -0.375 e. The first-order valence-electron chi connectivity index (χ1n) is 7.76. The average molecular weight is 313 g/mol. The van der Waals surface area contributed by atoms with E-state index in [0.717, 1.165) is 17.5 Å². The molecule has 0 saturated heterocycles. The van der Waals surface area contributed by atoms with E-state index in [2.05, 4.69) is 11.4 Å². The minimum absolute atomic E-state index is 0.0727. The Morgan fingerprint density at radius 3 is 2.61 bits per heavy atom. The zero-order chi connectivity index (χ0) is 16.4. The van der Waals surface area contributed by atoms with Crippen LogP contribution in [0.1, 0.15) is 35.6 Å². The van der Waals surface area contributed by atoms with Crippen molar-refractivity contribution in [2.24, 2.45) is 0 Å². The molecule has 1 amide bonds. The number of hydrogen-bond acceptors (Lipinski definition) is 2. The van der Waals surface area contributed by atoms with Gasteiger partial charge in [-0.05, 0) is 42.2 Å². The fourth-order valence-corrected chi connectivity index (χ4v) is 3.19.